The van der Waals surface area contributed by atoms with Gasteiger partial charge in [0.25, 0.3) is 15.6 Å². The molecule has 4 aromatic rings. The first kappa shape index (κ1) is 21.4. The van der Waals surface area contributed by atoms with Crippen LogP contribution in [0.5, 0.6) is 0 Å². The second-order valence-electron chi connectivity index (χ2n) is 6.65. The maximum atomic E-state index is 12.9. The van der Waals surface area contributed by atoms with Gasteiger partial charge < -0.3 is 9.15 Å². The van der Waals surface area contributed by atoms with Crippen LogP contribution in [0.2, 0.25) is 0 Å². The highest BCUT2D eigenvalue weighted by molar-refractivity contribution is 7.88. The molecule has 162 valence electrons. The van der Waals surface area contributed by atoms with Crippen molar-refractivity contribution in [3.63, 3.8) is 0 Å². The molecule has 4 aromatic heterocycles. The molecule has 0 bridgehead atoms. The summed E-state index contributed by atoms with van der Waals surface area (Å²) < 4.78 is 36.7. The number of thiophene rings is 2. The molecule has 0 spiro atoms. The van der Waals surface area contributed by atoms with Gasteiger partial charge in [-0.15, -0.1) is 22.7 Å². The quantitative estimate of drug-likeness (QED) is 0.375. The molecule has 4 rings (SSSR count). The van der Waals surface area contributed by atoms with E-state index in [1.807, 2.05) is 22.9 Å². The molecule has 0 saturated heterocycles. The number of fused-ring (bicyclic) bond motifs is 1. The average molecular weight is 480 g/mol. The second kappa shape index (κ2) is 8.38. The van der Waals surface area contributed by atoms with Crippen molar-refractivity contribution in [1.29, 1.82) is 0 Å². The predicted molar refractivity (Wildman–Crippen MR) is 117 cm³/mol. The number of ether oxygens (including phenoxy) is 1. The van der Waals surface area contributed by atoms with Crippen LogP contribution in [0, 0.1) is 0 Å². The van der Waals surface area contributed by atoms with E-state index in [0.29, 0.717) is 10.2 Å². The van der Waals surface area contributed by atoms with Crippen LogP contribution in [-0.2, 0) is 32.7 Å². The number of aromatic nitrogens is 2. The van der Waals surface area contributed by atoms with Gasteiger partial charge in [0.2, 0.25) is 5.09 Å². The van der Waals surface area contributed by atoms with E-state index in [9.17, 15) is 18.0 Å². The summed E-state index contributed by atoms with van der Waals surface area (Å²) >= 11 is 2.89. The maximum absolute atomic E-state index is 12.9. The first-order chi connectivity index (χ1) is 14.8. The van der Waals surface area contributed by atoms with E-state index in [1.165, 1.54) is 59.8 Å². The molecule has 9 nitrogen and oxygen atoms in total. The minimum atomic E-state index is -3.71. The molecule has 0 atom stereocenters. The Morgan fingerprint density at radius 2 is 2.06 bits per heavy atom. The number of sulfonamides is 1. The molecular weight excluding hydrogens is 462 g/mol. The third-order valence-electron chi connectivity index (χ3n) is 4.39. The molecule has 0 aliphatic carbocycles. The van der Waals surface area contributed by atoms with E-state index in [0.717, 1.165) is 14.7 Å². The summed E-state index contributed by atoms with van der Waals surface area (Å²) in [5, 5.41) is 4.03. The summed E-state index contributed by atoms with van der Waals surface area (Å²) in [5.41, 5.74) is 0.462. The van der Waals surface area contributed by atoms with Crippen LogP contribution in [-0.4, -0.2) is 42.3 Å². The Balaban J connectivity index is 1.48. The zero-order valence-corrected chi connectivity index (χ0v) is 18.9. The lowest BCUT2D eigenvalue weighted by Gasteiger charge is -2.08. The minimum absolute atomic E-state index is 0.174. The number of rotatable bonds is 7. The molecule has 0 amide bonds. The number of furan rings is 1. The standard InChI is InChI=1S/C19H17N3O6S3/c1-21(2)31(25,26)16-6-5-12(28-16)9-27-15(23)8-22-11-20-18-17(19(22)24)13(10-30-18)14-4-3-7-29-14/h3-7,10-11H,8-9H2,1-2H3. The Labute approximate surface area is 185 Å². The molecule has 0 aliphatic rings. The summed E-state index contributed by atoms with van der Waals surface area (Å²) in [5.74, 6) is -0.503. The molecule has 31 heavy (non-hydrogen) atoms. The van der Waals surface area contributed by atoms with Crippen molar-refractivity contribution < 1.29 is 22.4 Å². The molecule has 0 saturated carbocycles. The first-order valence-corrected chi connectivity index (χ1v) is 12.1. The average Bonchev–Trinajstić information content (AvgIpc) is 3.48. The number of hydrogen-bond acceptors (Lipinski definition) is 9. The zero-order valence-electron chi connectivity index (χ0n) is 16.5. The molecule has 0 radical (unpaired) electrons. The maximum Gasteiger partial charge on any atom is 0.326 e. The van der Waals surface area contributed by atoms with Crippen molar-refractivity contribution in [3.05, 3.63) is 57.5 Å². The second-order valence-corrected chi connectivity index (χ2v) is 10.5. The van der Waals surface area contributed by atoms with Crippen LogP contribution >= 0.6 is 22.7 Å². The Morgan fingerprint density at radius 3 is 2.77 bits per heavy atom. The highest BCUT2D eigenvalue weighted by atomic mass is 32.2. The fourth-order valence-electron chi connectivity index (χ4n) is 2.78. The Kier molecular flexibility index (Phi) is 5.79. The van der Waals surface area contributed by atoms with E-state index in [-0.39, 0.29) is 29.6 Å². The number of nitrogens with zero attached hydrogens (tertiary/aromatic N) is 3. The molecule has 0 N–H and O–H groups in total. The van der Waals surface area contributed by atoms with Crippen molar-refractivity contribution in [2.75, 3.05) is 14.1 Å². The third-order valence-corrected chi connectivity index (χ3v) is 7.87. The number of esters is 1. The highest BCUT2D eigenvalue weighted by Crippen LogP contribution is 2.33. The monoisotopic (exact) mass is 479 g/mol. The van der Waals surface area contributed by atoms with Crippen molar-refractivity contribution >= 4 is 48.9 Å². The van der Waals surface area contributed by atoms with Crippen LogP contribution < -0.4 is 5.56 Å². The Bertz CT molecular complexity index is 1400. The van der Waals surface area contributed by atoms with Crippen molar-refractivity contribution in [1.82, 2.24) is 13.9 Å². The van der Waals surface area contributed by atoms with Gasteiger partial charge in [-0.1, -0.05) is 6.07 Å². The summed E-state index contributed by atoms with van der Waals surface area (Å²) in [4.78, 5) is 31.0. The van der Waals surface area contributed by atoms with E-state index in [1.54, 1.807) is 0 Å². The van der Waals surface area contributed by atoms with E-state index >= 15 is 0 Å². The number of carbonyl (C=O) groups excluding carboxylic acids is 1. The summed E-state index contributed by atoms with van der Waals surface area (Å²) in [6, 6.07) is 6.54. The molecule has 0 aromatic carbocycles. The van der Waals surface area contributed by atoms with Crippen LogP contribution in [0.4, 0.5) is 0 Å². The lowest BCUT2D eigenvalue weighted by atomic mass is 10.2. The predicted octanol–water partition coefficient (Wildman–Crippen LogP) is 2.77. The van der Waals surface area contributed by atoms with Gasteiger partial charge in [0.1, 0.15) is 23.7 Å². The molecule has 0 unspecified atom stereocenters. The summed E-state index contributed by atoms with van der Waals surface area (Å²) in [7, 11) is -0.940. The van der Waals surface area contributed by atoms with Crippen LogP contribution in [0.25, 0.3) is 20.7 Å². The van der Waals surface area contributed by atoms with Gasteiger partial charge >= 0.3 is 5.97 Å². The molecular formula is C19H17N3O6S3. The molecule has 0 aliphatic heterocycles. The largest absolute Gasteiger partial charge is 0.456 e. The van der Waals surface area contributed by atoms with Crippen LogP contribution in [0.3, 0.4) is 0 Å². The van der Waals surface area contributed by atoms with E-state index < -0.39 is 16.0 Å². The number of carbonyl (C=O) groups is 1. The Morgan fingerprint density at radius 1 is 1.26 bits per heavy atom. The lowest BCUT2D eigenvalue weighted by molar-refractivity contribution is -0.146. The van der Waals surface area contributed by atoms with Gasteiger partial charge in [-0.3, -0.25) is 14.2 Å². The lowest BCUT2D eigenvalue weighted by Crippen LogP contribution is -2.25. The molecule has 12 heteroatoms. The first-order valence-electron chi connectivity index (χ1n) is 8.95. The highest BCUT2D eigenvalue weighted by Gasteiger charge is 2.22. The van der Waals surface area contributed by atoms with Crippen molar-refractivity contribution in [3.8, 4) is 10.4 Å². The fraction of sp³-hybridized carbons (Fsp3) is 0.211. The third kappa shape index (κ3) is 4.19. The van der Waals surface area contributed by atoms with E-state index in [4.69, 9.17) is 9.15 Å². The normalized spacial score (nSPS) is 12.0. The van der Waals surface area contributed by atoms with E-state index in [2.05, 4.69) is 4.98 Å². The molecule has 0 fully saturated rings. The minimum Gasteiger partial charge on any atom is -0.456 e. The van der Waals surface area contributed by atoms with Crippen molar-refractivity contribution in [2.24, 2.45) is 0 Å². The molecule has 4 heterocycles. The fourth-order valence-corrected chi connectivity index (χ4v) is 5.32. The van der Waals surface area contributed by atoms with Gasteiger partial charge in [-0.05, 0) is 23.6 Å². The van der Waals surface area contributed by atoms with Gasteiger partial charge in [0, 0.05) is 29.9 Å². The van der Waals surface area contributed by atoms with Gasteiger partial charge in [0.15, 0.2) is 0 Å². The van der Waals surface area contributed by atoms with Gasteiger partial charge in [-0.2, -0.15) is 0 Å². The van der Waals surface area contributed by atoms with Crippen LogP contribution in [0.15, 0.2) is 55.7 Å². The smallest absolute Gasteiger partial charge is 0.326 e. The van der Waals surface area contributed by atoms with Gasteiger partial charge in [0.05, 0.1) is 11.7 Å². The topological polar surface area (TPSA) is 112 Å². The summed E-state index contributed by atoms with van der Waals surface area (Å²) in [6.45, 7) is -0.587. The van der Waals surface area contributed by atoms with Crippen molar-refractivity contribution in [2.45, 2.75) is 18.2 Å². The Hall–Kier alpha value is -2.80. The summed E-state index contributed by atoms with van der Waals surface area (Å²) in [6.07, 6.45) is 1.31. The SMILES string of the molecule is CN(C)S(=O)(=O)c1ccc(COC(=O)Cn2cnc3scc(-c4cccs4)c3c2=O)o1. The van der Waals surface area contributed by atoms with Gasteiger partial charge in [-0.25, -0.2) is 17.7 Å². The zero-order chi connectivity index (χ0) is 22.2. The number of hydrogen-bond donors (Lipinski definition) is 0. The van der Waals surface area contributed by atoms with Crippen LogP contribution in [0.1, 0.15) is 5.76 Å².